The first kappa shape index (κ1) is 53.9. The number of aliphatic hydroxyl groups excluding tert-OH is 1. The van der Waals surface area contributed by atoms with Crippen molar-refractivity contribution in [3.63, 3.8) is 0 Å². The van der Waals surface area contributed by atoms with Crippen LogP contribution >= 0.6 is 0 Å². The van der Waals surface area contributed by atoms with Crippen LogP contribution in [0.4, 0.5) is 0 Å². The van der Waals surface area contributed by atoms with Gasteiger partial charge < -0.3 is 19.5 Å². The van der Waals surface area contributed by atoms with E-state index in [0.717, 1.165) is 96.7 Å². The maximum Gasteiger partial charge on any atom is 0.311 e. The molecule has 0 saturated heterocycles. The summed E-state index contributed by atoms with van der Waals surface area (Å²) >= 11 is 0. The summed E-state index contributed by atoms with van der Waals surface area (Å²) in [7, 11) is 0. The molecule has 0 aromatic heterocycles. The lowest BCUT2D eigenvalue weighted by Crippen LogP contribution is -2.31. The summed E-state index contributed by atoms with van der Waals surface area (Å²) in [6, 6.07) is 0. The lowest BCUT2D eigenvalue weighted by molar-refractivity contribution is -0.161. The lowest BCUT2D eigenvalue weighted by Gasteiger charge is -2.27. The molecule has 0 fully saturated rings. The zero-order valence-electron chi connectivity index (χ0n) is 38.3. The Morgan fingerprint density at radius 1 is 0.527 bits per heavy atom. The number of ether oxygens (including phenoxy) is 2. The first-order chi connectivity index (χ1) is 26.5. The molecule has 0 spiro atoms. The van der Waals surface area contributed by atoms with Crippen LogP contribution in [0, 0.1) is 10.8 Å². The predicted octanol–water partition coefficient (Wildman–Crippen LogP) is 14.3. The smallest absolute Gasteiger partial charge is 0.311 e. The highest BCUT2D eigenvalue weighted by atomic mass is 16.5. The molecule has 6 heteroatoms. The van der Waals surface area contributed by atoms with E-state index in [9.17, 15) is 14.7 Å². The molecule has 0 rings (SSSR count). The number of nitrogens with zero attached hydrogens (tertiary/aromatic N) is 1. The second-order valence-corrected chi connectivity index (χ2v) is 18.6. The van der Waals surface area contributed by atoms with Gasteiger partial charge in [-0.05, 0) is 96.6 Å². The SMILES string of the molecule is CCCCCCCCCC(=O)OCC(C)(C)CCCCCN(CCCO)CCCCCCC(C)(C)C(=O)OC(CCCCCCCC)CCCCCCCC. The van der Waals surface area contributed by atoms with Crippen LogP contribution in [0.5, 0.6) is 0 Å². The van der Waals surface area contributed by atoms with E-state index in [4.69, 9.17) is 9.47 Å². The molecular formula is C49H97NO5. The molecule has 0 amide bonds. The molecule has 0 radical (unpaired) electrons. The average molecular weight is 780 g/mol. The van der Waals surface area contributed by atoms with E-state index >= 15 is 0 Å². The van der Waals surface area contributed by atoms with E-state index in [1.807, 2.05) is 0 Å². The first-order valence-electron chi connectivity index (χ1n) is 24.2. The van der Waals surface area contributed by atoms with E-state index in [1.54, 1.807) is 0 Å². The monoisotopic (exact) mass is 780 g/mol. The summed E-state index contributed by atoms with van der Waals surface area (Å²) in [5, 5.41) is 9.49. The van der Waals surface area contributed by atoms with E-state index < -0.39 is 5.41 Å². The van der Waals surface area contributed by atoms with Crippen LogP contribution in [-0.2, 0) is 19.1 Å². The molecule has 1 N–H and O–H groups in total. The Hall–Kier alpha value is -1.14. The Morgan fingerprint density at radius 2 is 0.945 bits per heavy atom. The van der Waals surface area contributed by atoms with Crippen molar-refractivity contribution >= 4 is 11.9 Å². The highest BCUT2D eigenvalue weighted by Crippen LogP contribution is 2.29. The molecular weight excluding hydrogens is 683 g/mol. The molecule has 0 bridgehead atoms. The van der Waals surface area contributed by atoms with Gasteiger partial charge in [-0.25, -0.2) is 0 Å². The Labute approximate surface area is 343 Å². The zero-order valence-corrected chi connectivity index (χ0v) is 38.3. The molecule has 6 nitrogen and oxygen atoms in total. The van der Waals surface area contributed by atoms with E-state index in [0.29, 0.717) is 13.0 Å². The second kappa shape index (κ2) is 37.2. The normalized spacial score (nSPS) is 12.3. The number of carbonyl (C=O) groups is 2. The fourth-order valence-electron chi connectivity index (χ4n) is 7.63. The molecule has 328 valence electrons. The summed E-state index contributed by atoms with van der Waals surface area (Å²) in [6.45, 7) is 19.2. The van der Waals surface area contributed by atoms with Crippen LogP contribution in [0.2, 0.25) is 0 Å². The number of rotatable bonds is 42. The van der Waals surface area contributed by atoms with Gasteiger partial charge in [0.2, 0.25) is 0 Å². The number of hydrogen-bond donors (Lipinski definition) is 1. The van der Waals surface area contributed by atoms with Crippen molar-refractivity contribution in [1.29, 1.82) is 0 Å². The van der Waals surface area contributed by atoms with E-state index in [2.05, 4.69) is 53.4 Å². The van der Waals surface area contributed by atoms with Gasteiger partial charge in [-0.1, -0.05) is 169 Å². The van der Waals surface area contributed by atoms with Crippen LogP contribution in [0.1, 0.15) is 254 Å². The average Bonchev–Trinajstić information content (AvgIpc) is 3.15. The van der Waals surface area contributed by atoms with Crippen molar-refractivity contribution in [3.8, 4) is 0 Å². The Kier molecular flexibility index (Phi) is 36.4. The van der Waals surface area contributed by atoms with Gasteiger partial charge in [0.05, 0.1) is 12.0 Å². The maximum atomic E-state index is 13.4. The molecule has 0 aliphatic heterocycles. The quantitative estimate of drug-likeness (QED) is 0.0491. The first-order valence-corrected chi connectivity index (χ1v) is 24.2. The summed E-state index contributed by atoms with van der Waals surface area (Å²) < 4.78 is 11.9. The van der Waals surface area contributed by atoms with Gasteiger partial charge in [-0.3, -0.25) is 9.59 Å². The molecule has 0 saturated carbocycles. The van der Waals surface area contributed by atoms with E-state index in [-0.39, 0.29) is 30.1 Å². The molecule has 55 heavy (non-hydrogen) atoms. The van der Waals surface area contributed by atoms with E-state index in [1.165, 1.54) is 122 Å². The van der Waals surface area contributed by atoms with Crippen molar-refractivity contribution in [2.75, 3.05) is 32.8 Å². The minimum absolute atomic E-state index is 0.00727. The third kappa shape index (κ3) is 34.6. The van der Waals surface area contributed by atoms with Crippen molar-refractivity contribution in [2.24, 2.45) is 10.8 Å². The molecule has 0 unspecified atom stereocenters. The molecule has 0 aromatic carbocycles. The molecule has 0 aliphatic rings. The van der Waals surface area contributed by atoms with Crippen LogP contribution in [-0.4, -0.2) is 60.9 Å². The van der Waals surface area contributed by atoms with Gasteiger partial charge in [0.25, 0.3) is 0 Å². The van der Waals surface area contributed by atoms with Crippen molar-refractivity contribution < 1.29 is 24.2 Å². The topological polar surface area (TPSA) is 76.1 Å². The van der Waals surface area contributed by atoms with Crippen LogP contribution in [0.3, 0.4) is 0 Å². The highest BCUT2D eigenvalue weighted by Gasteiger charge is 2.31. The standard InChI is InChI=1S/C49H97NO5/c1-8-11-14-17-20-23-29-37-46(52)54-44-48(4,5)38-30-26-33-41-50(42-34-43-51)40-32-25-24-31-39-49(6,7)47(53)55-45(35-27-21-18-15-12-9-2)36-28-22-19-16-13-10-3/h45,51H,8-44H2,1-7H3. The summed E-state index contributed by atoms with van der Waals surface area (Å²) in [4.78, 5) is 28.2. The van der Waals surface area contributed by atoms with Gasteiger partial charge >= 0.3 is 11.9 Å². The minimum atomic E-state index is -0.433. The highest BCUT2D eigenvalue weighted by molar-refractivity contribution is 5.76. The number of carbonyl (C=O) groups excluding carboxylic acids is 2. The fourth-order valence-corrected chi connectivity index (χ4v) is 7.63. The number of esters is 2. The molecule has 0 atom stereocenters. The predicted molar refractivity (Wildman–Crippen MR) is 237 cm³/mol. The maximum absolute atomic E-state index is 13.4. The summed E-state index contributed by atoms with van der Waals surface area (Å²) in [6.07, 6.45) is 37.3. The Balaban J connectivity index is 4.42. The lowest BCUT2D eigenvalue weighted by atomic mass is 9.86. The molecule has 0 aliphatic carbocycles. The van der Waals surface area contributed by atoms with Crippen molar-refractivity contribution in [2.45, 2.75) is 260 Å². The third-order valence-electron chi connectivity index (χ3n) is 11.7. The van der Waals surface area contributed by atoms with Gasteiger partial charge in [-0.15, -0.1) is 0 Å². The third-order valence-corrected chi connectivity index (χ3v) is 11.7. The number of aliphatic hydroxyl groups is 1. The van der Waals surface area contributed by atoms with Crippen LogP contribution in [0.25, 0.3) is 0 Å². The number of hydrogen-bond acceptors (Lipinski definition) is 6. The minimum Gasteiger partial charge on any atom is -0.465 e. The van der Waals surface area contributed by atoms with Crippen LogP contribution < -0.4 is 0 Å². The second-order valence-electron chi connectivity index (χ2n) is 18.6. The largest absolute Gasteiger partial charge is 0.465 e. The summed E-state index contributed by atoms with van der Waals surface area (Å²) in [5.41, 5.74) is -0.419. The van der Waals surface area contributed by atoms with Gasteiger partial charge in [-0.2, -0.15) is 0 Å². The summed E-state index contributed by atoms with van der Waals surface area (Å²) in [5.74, 6) is -0.0264. The Morgan fingerprint density at radius 3 is 1.47 bits per heavy atom. The molecule has 0 aromatic rings. The van der Waals surface area contributed by atoms with Gasteiger partial charge in [0.15, 0.2) is 0 Å². The van der Waals surface area contributed by atoms with Gasteiger partial charge in [0, 0.05) is 19.6 Å². The molecule has 0 heterocycles. The van der Waals surface area contributed by atoms with Crippen LogP contribution in [0.15, 0.2) is 0 Å². The van der Waals surface area contributed by atoms with Crippen molar-refractivity contribution in [1.82, 2.24) is 4.90 Å². The zero-order chi connectivity index (χ0) is 40.9. The number of unbranched alkanes of at least 4 members (excludes halogenated alkanes) is 21. The Bertz CT molecular complexity index is 842. The van der Waals surface area contributed by atoms with Crippen molar-refractivity contribution in [3.05, 3.63) is 0 Å². The fraction of sp³-hybridized carbons (Fsp3) is 0.959. The van der Waals surface area contributed by atoms with Gasteiger partial charge in [0.1, 0.15) is 6.10 Å².